The van der Waals surface area contributed by atoms with Crippen molar-refractivity contribution in [2.75, 3.05) is 24.6 Å². The van der Waals surface area contributed by atoms with Crippen LogP contribution >= 0.6 is 0 Å². The molecule has 0 radical (unpaired) electrons. The summed E-state index contributed by atoms with van der Waals surface area (Å²) in [6.45, 7) is -2.22. The predicted molar refractivity (Wildman–Crippen MR) is 117 cm³/mol. The zero-order valence-electron chi connectivity index (χ0n) is 18.8. The van der Waals surface area contributed by atoms with Crippen molar-refractivity contribution in [2.24, 2.45) is 0 Å². The molecule has 13 heteroatoms. The van der Waals surface area contributed by atoms with Gasteiger partial charge >= 0.3 is 12.1 Å². The lowest BCUT2D eigenvalue weighted by Crippen LogP contribution is -2.59. The van der Waals surface area contributed by atoms with E-state index in [-0.39, 0.29) is 12.1 Å². The summed E-state index contributed by atoms with van der Waals surface area (Å²) in [5, 5.41) is 23.4. The van der Waals surface area contributed by atoms with E-state index in [2.05, 4.69) is 5.32 Å². The van der Waals surface area contributed by atoms with Crippen molar-refractivity contribution in [3.05, 3.63) is 54.1 Å². The van der Waals surface area contributed by atoms with Crippen LogP contribution in [0.5, 0.6) is 0 Å². The first-order chi connectivity index (χ1) is 16.7. The lowest BCUT2D eigenvalue weighted by Gasteiger charge is -2.29. The molecule has 1 unspecified atom stereocenters. The van der Waals surface area contributed by atoms with E-state index in [4.69, 9.17) is 0 Å². The smallest absolute Gasteiger partial charge is 0.395 e. The SMILES string of the molecule is C[C@](O)(C(=O)NCC(F)(F)C(F)(F)F)C(=O)NC1C(=O)N(CCO)c2ccccc2-c2ccccc21. The van der Waals surface area contributed by atoms with Gasteiger partial charge in [-0.3, -0.25) is 14.4 Å². The second kappa shape index (κ2) is 9.82. The van der Waals surface area contributed by atoms with E-state index in [0.29, 0.717) is 23.7 Å². The molecule has 0 fully saturated rings. The number of halogens is 5. The van der Waals surface area contributed by atoms with E-state index in [1.807, 2.05) is 0 Å². The first kappa shape index (κ1) is 27.0. The molecule has 194 valence electrons. The number of para-hydroxylation sites is 1. The summed E-state index contributed by atoms with van der Waals surface area (Å²) in [6, 6.07) is 11.6. The molecule has 1 aliphatic rings. The average molecular weight is 515 g/mol. The molecule has 2 aromatic rings. The number of carbonyl (C=O) groups is 3. The fourth-order valence-electron chi connectivity index (χ4n) is 3.65. The number of nitrogens with zero attached hydrogens (tertiary/aromatic N) is 1. The summed E-state index contributed by atoms with van der Waals surface area (Å²) in [4.78, 5) is 39.7. The van der Waals surface area contributed by atoms with Crippen LogP contribution in [-0.4, -0.2) is 65.3 Å². The number of aliphatic hydroxyl groups excluding tert-OH is 1. The Balaban J connectivity index is 1.92. The third-order valence-corrected chi connectivity index (χ3v) is 5.64. The number of hydrogen-bond donors (Lipinski definition) is 4. The molecule has 4 N–H and O–H groups in total. The van der Waals surface area contributed by atoms with E-state index in [1.165, 1.54) is 16.3 Å². The van der Waals surface area contributed by atoms with Crippen LogP contribution in [0.1, 0.15) is 18.5 Å². The molecule has 0 saturated carbocycles. The Morgan fingerprint density at radius 3 is 2.17 bits per heavy atom. The molecule has 0 bridgehead atoms. The van der Waals surface area contributed by atoms with Crippen LogP contribution in [-0.2, 0) is 14.4 Å². The van der Waals surface area contributed by atoms with Crippen molar-refractivity contribution < 1.29 is 46.5 Å². The number of hydrogen-bond acceptors (Lipinski definition) is 5. The standard InChI is InChI=1S/C23H22F5N3O5/c1-21(36,19(34)29-12-22(24,25)23(26,27)28)20(35)30-17-15-8-3-2-6-13(15)14-7-4-5-9-16(14)31(10-11-32)18(17)33/h2-9,17,32,36H,10-12H2,1H3,(H,29,34)(H,30,35)/t17?,21-/m0/s1. The fraction of sp³-hybridized carbons (Fsp3) is 0.348. The Kier molecular flexibility index (Phi) is 7.37. The van der Waals surface area contributed by atoms with Crippen molar-refractivity contribution >= 4 is 23.4 Å². The van der Waals surface area contributed by atoms with Crippen molar-refractivity contribution in [1.29, 1.82) is 0 Å². The highest BCUT2D eigenvalue weighted by molar-refractivity contribution is 6.11. The van der Waals surface area contributed by atoms with Gasteiger partial charge in [0.25, 0.3) is 17.7 Å². The lowest BCUT2D eigenvalue weighted by atomic mass is 9.94. The summed E-state index contributed by atoms with van der Waals surface area (Å²) < 4.78 is 63.5. The van der Waals surface area contributed by atoms with Gasteiger partial charge in [0, 0.05) is 12.1 Å². The van der Waals surface area contributed by atoms with Gasteiger partial charge in [0.2, 0.25) is 5.60 Å². The van der Waals surface area contributed by atoms with Crippen molar-refractivity contribution in [1.82, 2.24) is 10.6 Å². The molecule has 1 aliphatic heterocycles. The molecule has 0 aromatic heterocycles. The molecule has 3 amide bonds. The monoisotopic (exact) mass is 515 g/mol. The molecule has 1 heterocycles. The summed E-state index contributed by atoms with van der Waals surface area (Å²) in [7, 11) is 0. The third-order valence-electron chi connectivity index (χ3n) is 5.64. The molecule has 2 aromatic carbocycles. The third kappa shape index (κ3) is 5.02. The van der Waals surface area contributed by atoms with Gasteiger partial charge in [-0.25, -0.2) is 0 Å². The minimum atomic E-state index is -5.96. The highest BCUT2D eigenvalue weighted by Gasteiger charge is 2.58. The van der Waals surface area contributed by atoms with Crippen molar-refractivity contribution in [2.45, 2.75) is 30.7 Å². The molecule has 3 rings (SSSR count). The molecular weight excluding hydrogens is 493 g/mol. The van der Waals surface area contributed by atoms with E-state index in [0.717, 1.165) is 0 Å². The molecule has 8 nitrogen and oxygen atoms in total. The molecule has 36 heavy (non-hydrogen) atoms. The zero-order chi connectivity index (χ0) is 26.9. The van der Waals surface area contributed by atoms with Crippen LogP contribution in [0.2, 0.25) is 0 Å². The van der Waals surface area contributed by atoms with Gasteiger partial charge in [-0.15, -0.1) is 0 Å². The summed E-state index contributed by atoms with van der Waals surface area (Å²) in [5.41, 5.74) is -1.33. The van der Waals surface area contributed by atoms with Crippen molar-refractivity contribution in [3.63, 3.8) is 0 Å². The Bertz CT molecular complexity index is 1170. The summed E-state index contributed by atoms with van der Waals surface area (Å²) in [5.74, 6) is -9.39. The number of β-amino-alcohol motifs (C(OH)–C–C–N with tert-alkyl or cyclic N) is 1. The first-order valence-corrected chi connectivity index (χ1v) is 10.6. The van der Waals surface area contributed by atoms with Crippen LogP contribution in [0, 0.1) is 0 Å². The lowest BCUT2D eigenvalue weighted by molar-refractivity contribution is -0.278. The summed E-state index contributed by atoms with van der Waals surface area (Å²) >= 11 is 0. The number of carbonyl (C=O) groups excluding carboxylic acids is 3. The van der Waals surface area contributed by atoms with Crippen LogP contribution in [0.4, 0.5) is 27.6 Å². The number of rotatable bonds is 7. The number of anilines is 1. The number of alkyl halides is 5. The van der Waals surface area contributed by atoms with Gasteiger partial charge in [0.1, 0.15) is 6.04 Å². The number of amides is 3. The minimum absolute atomic E-state index is 0.167. The molecule has 0 saturated heterocycles. The minimum Gasteiger partial charge on any atom is -0.395 e. The zero-order valence-corrected chi connectivity index (χ0v) is 18.8. The largest absolute Gasteiger partial charge is 0.455 e. The Hall–Kier alpha value is -3.58. The quantitative estimate of drug-likeness (QED) is 0.332. The highest BCUT2D eigenvalue weighted by Crippen LogP contribution is 2.40. The van der Waals surface area contributed by atoms with E-state index in [9.17, 15) is 46.5 Å². The second-order valence-electron chi connectivity index (χ2n) is 8.18. The number of aliphatic hydroxyl groups is 2. The maximum atomic E-state index is 13.5. The van der Waals surface area contributed by atoms with E-state index >= 15 is 0 Å². The van der Waals surface area contributed by atoms with E-state index in [1.54, 1.807) is 42.5 Å². The van der Waals surface area contributed by atoms with Gasteiger partial charge < -0.3 is 25.7 Å². The van der Waals surface area contributed by atoms with Crippen LogP contribution < -0.4 is 15.5 Å². The van der Waals surface area contributed by atoms with Crippen LogP contribution in [0.25, 0.3) is 11.1 Å². The molecule has 0 aliphatic carbocycles. The Morgan fingerprint density at radius 1 is 0.972 bits per heavy atom. The maximum Gasteiger partial charge on any atom is 0.455 e. The Morgan fingerprint density at radius 2 is 1.56 bits per heavy atom. The number of benzene rings is 2. The predicted octanol–water partition coefficient (Wildman–Crippen LogP) is 1.91. The van der Waals surface area contributed by atoms with Gasteiger partial charge in [-0.05, 0) is 24.1 Å². The van der Waals surface area contributed by atoms with Crippen molar-refractivity contribution in [3.8, 4) is 11.1 Å². The maximum absolute atomic E-state index is 13.5. The molecule has 0 spiro atoms. The average Bonchev–Trinajstić information content (AvgIpc) is 2.91. The van der Waals surface area contributed by atoms with Gasteiger partial charge in [-0.2, -0.15) is 22.0 Å². The molecule has 2 atom stereocenters. The van der Waals surface area contributed by atoms with Crippen LogP contribution in [0.3, 0.4) is 0 Å². The highest BCUT2D eigenvalue weighted by atomic mass is 19.4. The second-order valence-corrected chi connectivity index (χ2v) is 8.18. The normalized spacial score (nSPS) is 17.4. The summed E-state index contributed by atoms with van der Waals surface area (Å²) in [6.07, 6.45) is -5.96. The number of fused-ring (bicyclic) bond motifs is 3. The Labute approximate surface area is 201 Å². The van der Waals surface area contributed by atoms with Gasteiger partial charge in [0.05, 0.1) is 18.8 Å². The number of nitrogens with one attached hydrogen (secondary N) is 2. The van der Waals surface area contributed by atoms with Gasteiger partial charge in [-0.1, -0.05) is 42.5 Å². The van der Waals surface area contributed by atoms with E-state index < -0.39 is 54.6 Å². The van der Waals surface area contributed by atoms with Crippen LogP contribution in [0.15, 0.2) is 48.5 Å². The topological polar surface area (TPSA) is 119 Å². The molecular formula is C23H22F5N3O5. The van der Waals surface area contributed by atoms with Gasteiger partial charge in [0.15, 0.2) is 0 Å². The fourth-order valence-corrected chi connectivity index (χ4v) is 3.65. The first-order valence-electron chi connectivity index (χ1n) is 10.6.